The number of sulfonamides is 1. The molecule has 1 aliphatic heterocycles. The summed E-state index contributed by atoms with van der Waals surface area (Å²) >= 11 is 3.30. The van der Waals surface area contributed by atoms with E-state index in [-0.39, 0.29) is 9.79 Å². The highest BCUT2D eigenvalue weighted by Crippen LogP contribution is 2.27. The van der Waals surface area contributed by atoms with Gasteiger partial charge in [-0.05, 0) is 36.4 Å². The van der Waals surface area contributed by atoms with Crippen LogP contribution in [0.4, 0.5) is 5.69 Å². The molecule has 1 fully saturated rings. The molecule has 26 heavy (non-hydrogen) atoms. The Morgan fingerprint density at radius 3 is 2.00 bits per heavy atom. The molecule has 0 saturated carbocycles. The zero-order valence-corrected chi connectivity index (χ0v) is 17.4. The highest BCUT2D eigenvalue weighted by molar-refractivity contribution is 9.10. The Morgan fingerprint density at radius 1 is 0.846 bits per heavy atom. The van der Waals surface area contributed by atoms with Crippen LogP contribution in [-0.4, -0.2) is 53.6 Å². The molecular weight excluding hydrogens is 440 g/mol. The zero-order chi connectivity index (χ0) is 18.9. The average Bonchev–Trinajstić information content (AvgIpc) is 2.61. The van der Waals surface area contributed by atoms with Crippen LogP contribution in [0.3, 0.4) is 0 Å². The second kappa shape index (κ2) is 7.30. The topological polar surface area (TPSA) is 74.8 Å². The van der Waals surface area contributed by atoms with E-state index < -0.39 is 19.9 Å². The molecule has 1 saturated heterocycles. The number of sulfone groups is 1. The number of piperazine rings is 1. The smallest absolute Gasteiger partial charge is 0.243 e. The van der Waals surface area contributed by atoms with Crippen molar-refractivity contribution in [1.29, 1.82) is 0 Å². The van der Waals surface area contributed by atoms with Crippen LogP contribution in [0.5, 0.6) is 0 Å². The Labute approximate surface area is 162 Å². The van der Waals surface area contributed by atoms with E-state index in [0.29, 0.717) is 31.9 Å². The number of para-hydroxylation sites is 1. The number of rotatable bonds is 4. The van der Waals surface area contributed by atoms with Gasteiger partial charge in [-0.2, -0.15) is 4.31 Å². The summed E-state index contributed by atoms with van der Waals surface area (Å²) in [7, 11) is -6.91. The van der Waals surface area contributed by atoms with Gasteiger partial charge in [-0.25, -0.2) is 16.8 Å². The van der Waals surface area contributed by atoms with Crippen LogP contribution in [0.25, 0.3) is 0 Å². The summed E-state index contributed by atoms with van der Waals surface area (Å²) < 4.78 is 51.8. The van der Waals surface area contributed by atoms with E-state index in [2.05, 4.69) is 15.9 Å². The maximum atomic E-state index is 12.8. The molecule has 0 amide bonds. The fraction of sp³-hybridized carbons (Fsp3) is 0.294. The number of benzene rings is 2. The lowest BCUT2D eigenvalue weighted by Gasteiger charge is -2.36. The molecule has 0 N–H and O–H groups in total. The van der Waals surface area contributed by atoms with E-state index in [1.54, 1.807) is 48.5 Å². The molecule has 2 aromatic rings. The largest absolute Gasteiger partial charge is 0.368 e. The number of nitrogens with zero attached hydrogens (tertiary/aromatic N) is 2. The SMILES string of the molecule is CS(=O)(=O)c1ccccc1N1CCN(S(=O)(=O)c2ccc(Br)cc2)CC1. The molecule has 140 valence electrons. The minimum atomic E-state index is -3.56. The summed E-state index contributed by atoms with van der Waals surface area (Å²) in [5.41, 5.74) is 0.621. The number of hydrogen-bond donors (Lipinski definition) is 0. The first-order valence-electron chi connectivity index (χ1n) is 7.99. The van der Waals surface area contributed by atoms with Crippen LogP contribution >= 0.6 is 15.9 Å². The fourth-order valence-electron chi connectivity index (χ4n) is 2.96. The molecule has 0 unspecified atom stereocenters. The van der Waals surface area contributed by atoms with E-state index in [9.17, 15) is 16.8 Å². The first kappa shape index (κ1) is 19.3. The van der Waals surface area contributed by atoms with Gasteiger partial charge in [-0.3, -0.25) is 0 Å². The van der Waals surface area contributed by atoms with Crippen molar-refractivity contribution >= 4 is 41.5 Å². The summed E-state index contributed by atoms with van der Waals surface area (Å²) in [6.45, 7) is 1.47. The summed E-state index contributed by atoms with van der Waals surface area (Å²) in [4.78, 5) is 2.44. The van der Waals surface area contributed by atoms with Crippen molar-refractivity contribution in [3.05, 3.63) is 53.0 Å². The second-order valence-electron chi connectivity index (χ2n) is 6.08. The molecule has 0 aliphatic carbocycles. The molecule has 0 spiro atoms. The predicted molar refractivity (Wildman–Crippen MR) is 105 cm³/mol. The Bertz CT molecular complexity index is 997. The molecule has 9 heteroatoms. The summed E-state index contributed by atoms with van der Waals surface area (Å²) in [5, 5.41) is 0. The zero-order valence-electron chi connectivity index (χ0n) is 14.2. The molecule has 0 atom stereocenters. The van der Waals surface area contributed by atoms with Crippen molar-refractivity contribution in [2.75, 3.05) is 37.3 Å². The van der Waals surface area contributed by atoms with Crippen LogP contribution in [0.1, 0.15) is 0 Å². The highest BCUT2D eigenvalue weighted by Gasteiger charge is 2.29. The Balaban J connectivity index is 1.79. The first-order chi connectivity index (χ1) is 12.2. The van der Waals surface area contributed by atoms with Gasteiger partial charge >= 0.3 is 0 Å². The van der Waals surface area contributed by atoms with Gasteiger partial charge in [0.1, 0.15) is 0 Å². The Kier molecular flexibility index (Phi) is 5.43. The van der Waals surface area contributed by atoms with Crippen molar-refractivity contribution in [2.45, 2.75) is 9.79 Å². The quantitative estimate of drug-likeness (QED) is 0.702. The summed E-state index contributed by atoms with van der Waals surface area (Å²) in [6.07, 6.45) is 1.18. The molecule has 2 aromatic carbocycles. The molecule has 0 aromatic heterocycles. The van der Waals surface area contributed by atoms with Gasteiger partial charge in [0.15, 0.2) is 9.84 Å². The van der Waals surface area contributed by atoms with Crippen LogP contribution in [0, 0.1) is 0 Å². The number of anilines is 1. The van der Waals surface area contributed by atoms with Crippen molar-refractivity contribution in [3.63, 3.8) is 0 Å². The van der Waals surface area contributed by atoms with Crippen molar-refractivity contribution < 1.29 is 16.8 Å². The van der Waals surface area contributed by atoms with Gasteiger partial charge in [0.25, 0.3) is 0 Å². The minimum absolute atomic E-state index is 0.255. The van der Waals surface area contributed by atoms with Crippen molar-refractivity contribution in [2.24, 2.45) is 0 Å². The van der Waals surface area contributed by atoms with Crippen molar-refractivity contribution in [1.82, 2.24) is 4.31 Å². The van der Waals surface area contributed by atoms with E-state index in [4.69, 9.17) is 0 Å². The van der Waals surface area contributed by atoms with E-state index in [0.717, 1.165) is 4.47 Å². The van der Waals surface area contributed by atoms with Crippen LogP contribution < -0.4 is 4.90 Å². The van der Waals surface area contributed by atoms with E-state index >= 15 is 0 Å². The molecule has 1 aliphatic rings. The van der Waals surface area contributed by atoms with Gasteiger partial charge in [0, 0.05) is 36.9 Å². The normalized spacial score (nSPS) is 16.6. The van der Waals surface area contributed by atoms with E-state index in [1.807, 2.05) is 4.90 Å². The van der Waals surface area contributed by atoms with Gasteiger partial charge in [-0.15, -0.1) is 0 Å². The van der Waals surface area contributed by atoms with Gasteiger partial charge in [0.2, 0.25) is 10.0 Å². The van der Waals surface area contributed by atoms with Gasteiger partial charge in [0.05, 0.1) is 15.5 Å². The molecule has 6 nitrogen and oxygen atoms in total. The van der Waals surface area contributed by atoms with Crippen LogP contribution in [0.2, 0.25) is 0 Å². The first-order valence-corrected chi connectivity index (χ1v) is 12.1. The molecule has 0 bridgehead atoms. The predicted octanol–water partition coefficient (Wildman–Crippen LogP) is 2.36. The third-order valence-electron chi connectivity index (χ3n) is 4.30. The van der Waals surface area contributed by atoms with Gasteiger partial charge in [-0.1, -0.05) is 28.1 Å². The lowest BCUT2D eigenvalue weighted by atomic mass is 10.2. The lowest BCUT2D eigenvalue weighted by molar-refractivity contribution is 0.384. The van der Waals surface area contributed by atoms with Crippen LogP contribution in [0.15, 0.2) is 62.8 Å². The number of halogens is 1. The summed E-state index contributed by atoms with van der Waals surface area (Å²) in [5.74, 6) is 0. The average molecular weight is 459 g/mol. The van der Waals surface area contributed by atoms with Gasteiger partial charge < -0.3 is 4.90 Å². The Hall–Kier alpha value is -1.42. The fourth-order valence-corrected chi connectivity index (χ4v) is 5.55. The van der Waals surface area contributed by atoms with Crippen LogP contribution in [-0.2, 0) is 19.9 Å². The maximum Gasteiger partial charge on any atom is 0.243 e. The maximum absolute atomic E-state index is 12.8. The van der Waals surface area contributed by atoms with Crippen molar-refractivity contribution in [3.8, 4) is 0 Å². The Morgan fingerprint density at radius 2 is 1.42 bits per heavy atom. The monoisotopic (exact) mass is 458 g/mol. The standard InChI is InChI=1S/C17H19BrN2O4S2/c1-25(21,22)17-5-3-2-4-16(17)19-10-12-20(13-11-19)26(23,24)15-8-6-14(18)7-9-15/h2-9H,10-13H2,1H3. The third-order valence-corrected chi connectivity index (χ3v) is 7.88. The third kappa shape index (κ3) is 3.95. The molecule has 1 heterocycles. The lowest BCUT2D eigenvalue weighted by Crippen LogP contribution is -2.49. The molecular formula is C17H19BrN2O4S2. The number of hydrogen-bond acceptors (Lipinski definition) is 5. The second-order valence-corrected chi connectivity index (χ2v) is 10.9. The minimum Gasteiger partial charge on any atom is -0.368 e. The van der Waals surface area contributed by atoms with E-state index in [1.165, 1.54) is 10.6 Å². The molecule has 0 radical (unpaired) electrons. The molecule has 3 rings (SSSR count). The summed E-state index contributed by atoms with van der Waals surface area (Å²) in [6, 6.07) is 13.4. The highest BCUT2D eigenvalue weighted by atomic mass is 79.9.